The first-order valence-corrected chi connectivity index (χ1v) is 5.84. The molecule has 0 bridgehead atoms. The molecule has 0 spiro atoms. The van der Waals surface area contributed by atoms with Gasteiger partial charge in [0.1, 0.15) is 11.6 Å². The molecule has 0 radical (unpaired) electrons. The number of benzene rings is 1. The van der Waals surface area contributed by atoms with E-state index in [-0.39, 0.29) is 5.82 Å². The van der Waals surface area contributed by atoms with Crippen LogP contribution in [0.4, 0.5) is 4.39 Å². The summed E-state index contributed by atoms with van der Waals surface area (Å²) in [5.41, 5.74) is 1.47. The van der Waals surface area contributed by atoms with Crippen molar-refractivity contribution in [2.75, 3.05) is 0 Å². The molecule has 0 aliphatic rings. The average Bonchev–Trinajstić information content (AvgIpc) is 2.74. The average molecular weight is 262 g/mol. The highest BCUT2D eigenvalue weighted by molar-refractivity contribution is 6.33. The third-order valence-corrected chi connectivity index (χ3v) is 3.00. The van der Waals surface area contributed by atoms with Crippen LogP contribution in [0.2, 0.25) is 5.02 Å². The van der Waals surface area contributed by atoms with Gasteiger partial charge in [-0.15, -0.1) is 10.2 Å². The first-order chi connectivity index (χ1) is 8.74. The molecular weight excluding hydrogens is 253 g/mol. The van der Waals surface area contributed by atoms with E-state index in [4.69, 9.17) is 11.6 Å². The number of pyridine rings is 1. The first kappa shape index (κ1) is 11.2. The Morgan fingerprint density at radius 3 is 2.89 bits per heavy atom. The quantitative estimate of drug-likeness (QED) is 0.710. The Hall–Kier alpha value is -1.94. The lowest BCUT2D eigenvalue weighted by Gasteiger charge is -2.01. The third kappa shape index (κ3) is 1.95. The summed E-state index contributed by atoms with van der Waals surface area (Å²) >= 11 is 6.02. The summed E-state index contributed by atoms with van der Waals surface area (Å²) in [6.07, 6.45) is 2.36. The van der Waals surface area contributed by atoms with E-state index in [0.717, 1.165) is 11.4 Å². The van der Waals surface area contributed by atoms with Crippen molar-refractivity contribution < 1.29 is 4.39 Å². The van der Waals surface area contributed by atoms with Crippen molar-refractivity contribution in [1.29, 1.82) is 0 Å². The molecule has 0 aliphatic heterocycles. The fourth-order valence-corrected chi connectivity index (χ4v) is 2.08. The molecule has 3 rings (SSSR count). The minimum atomic E-state index is -0.251. The summed E-state index contributed by atoms with van der Waals surface area (Å²) < 4.78 is 14.9. The topological polar surface area (TPSA) is 30.2 Å². The van der Waals surface area contributed by atoms with E-state index in [2.05, 4.69) is 10.2 Å². The van der Waals surface area contributed by atoms with Crippen LogP contribution in [0, 0.1) is 5.82 Å². The highest BCUT2D eigenvalue weighted by Crippen LogP contribution is 2.17. The van der Waals surface area contributed by atoms with Gasteiger partial charge in [-0.25, -0.2) is 4.39 Å². The maximum absolute atomic E-state index is 13.1. The highest BCUT2D eigenvalue weighted by Gasteiger charge is 2.08. The second kappa shape index (κ2) is 4.38. The van der Waals surface area contributed by atoms with Crippen LogP contribution in [0.15, 0.2) is 42.6 Å². The number of nitrogens with zero attached hydrogens (tertiary/aromatic N) is 3. The molecule has 1 aromatic carbocycles. The van der Waals surface area contributed by atoms with E-state index in [1.54, 1.807) is 12.1 Å². The standard InChI is InChI=1S/C13H9ClFN3/c14-11-5-2-6-18-12(16-17-13(11)18)8-9-3-1-4-10(15)7-9/h1-7H,8H2. The molecule has 3 nitrogen and oxygen atoms in total. The van der Waals surface area contributed by atoms with Crippen molar-refractivity contribution in [3.05, 3.63) is 64.8 Å². The molecule has 18 heavy (non-hydrogen) atoms. The Kier molecular flexibility index (Phi) is 2.72. The van der Waals surface area contributed by atoms with Crippen molar-refractivity contribution in [3.63, 3.8) is 0 Å². The van der Waals surface area contributed by atoms with Gasteiger partial charge in [0.25, 0.3) is 0 Å². The van der Waals surface area contributed by atoms with Gasteiger partial charge in [-0.05, 0) is 29.8 Å². The van der Waals surface area contributed by atoms with Crippen LogP contribution in [0.25, 0.3) is 5.65 Å². The van der Waals surface area contributed by atoms with E-state index < -0.39 is 0 Å². The number of aromatic nitrogens is 3. The summed E-state index contributed by atoms with van der Waals surface area (Å²) in [4.78, 5) is 0. The van der Waals surface area contributed by atoms with Gasteiger partial charge in [-0.3, -0.25) is 4.40 Å². The summed E-state index contributed by atoms with van der Waals surface area (Å²) in [6, 6.07) is 10.0. The Morgan fingerprint density at radius 1 is 1.17 bits per heavy atom. The minimum absolute atomic E-state index is 0.251. The van der Waals surface area contributed by atoms with Crippen molar-refractivity contribution in [2.24, 2.45) is 0 Å². The summed E-state index contributed by atoms with van der Waals surface area (Å²) in [6.45, 7) is 0. The summed E-state index contributed by atoms with van der Waals surface area (Å²) in [7, 11) is 0. The van der Waals surface area contributed by atoms with Gasteiger partial charge in [0.05, 0.1) is 5.02 Å². The van der Waals surface area contributed by atoms with Crippen molar-refractivity contribution in [1.82, 2.24) is 14.6 Å². The molecule has 0 fully saturated rings. The Labute approximate surface area is 108 Å². The van der Waals surface area contributed by atoms with Crippen LogP contribution >= 0.6 is 11.6 Å². The first-order valence-electron chi connectivity index (χ1n) is 5.46. The highest BCUT2D eigenvalue weighted by atomic mass is 35.5. The largest absolute Gasteiger partial charge is 0.285 e. The zero-order chi connectivity index (χ0) is 12.5. The van der Waals surface area contributed by atoms with Gasteiger partial charge in [0.2, 0.25) is 0 Å². The van der Waals surface area contributed by atoms with Gasteiger partial charge in [0, 0.05) is 12.6 Å². The van der Waals surface area contributed by atoms with Crippen molar-refractivity contribution in [2.45, 2.75) is 6.42 Å². The van der Waals surface area contributed by atoms with Gasteiger partial charge in [-0.1, -0.05) is 23.7 Å². The van der Waals surface area contributed by atoms with Crippen LogP contribution < -0.4 is 0 Å². The van der Waals surface area contributed by atoms with Gasteiger partial charge in [0.15, 0.2) is 5.65 Å². The fraction of sp³-hybridized carbons (Fsp3) is 0.0769. The van der Waals surface area contributed by atoms with Crippen molar-refractivity contribution in [3.8, 4) is 0 Å². The van der Waals surface area contributed by atoms with Crippen LogP contribution in [0.5, 0.6) is 0 Å². The van der Waals surface area contributed by atoms with Gasteiger partial charge < -0.3 is 0 Å². The van der Waals surface area contributed by atoms with E-state index >= 15 is 0 Å². The number of halogens is 2. The van der Waals surface area contributed by atoms with Gasteiger partial charge in [-0.2, -0.15) is 0 Å². The summed E-state index contributed by atoms with van der Waals surface area (Å²) in [5.74, 6) is 0.484. The van der Waals surface area contributed by atoms with Gasteiger partial charge >= 0.3 is 0 Å². The van der Waals surface area contributed by atoms with E-state index in [0.29, 0.717) is 17.1 Å². The molecule has 0 atom stereocenters. The molecule has 3 aromatic rings. The zero-order valence-electron chi connectivity index (χ0n) is 9.35. The number of hydrogen-bond acceptors (Lipinski definition) is 2. The Morgan fingerprint density at radius 2 is 2.06 bits per heavy atom. The maximum atomic E-state index is 13.1. The molecule has 5 heteroatoms. The SMILES string of the molecule is Fc1cccc(Cc2nnc3c(Cl)cccn23)c1. The lowest BCUT2D eigenvalue weighted by Crippen LogP contribution is -1.96. The predicted octanol–water partition coefficient (Wildman–Crippen LogP) is 3.11. The minimum Gasteiger partial charge on any atom is -0.285 e. The molecule has 0 amide bonds. The molecule has 0 saturated heterocycles. The van der Waals surface area contributed by atoms with Crippen molar-refractivity contribution >= 4 is 17.2 Å². The lowest BCUT2D eigenvalue weighted by molar-refractivity contribution is 0.625. The normalized spacial score (nSPS) is 11.0. The van der Waals surface area contributed by atoms with E-state index in [9.17, 15) is 4.39 Å². The smallest absolute Gasteiger partial charge is 0.179 e. The second-order valence-corrected chi connectivity index (χ2v) is 4.38. The molecule has 0 aliphatic carbocycles. The molecular formula is C13H9ClFN3. The molecule has 0 saturated carbocycles. The Bertz CT molecular complexity index is 708. The second-order valence-electron chi connectivity index (χ2n) is 3.97. The van der Waals surface area contributed by atoms with Crippen LogP contribution in [-0.2, 0) is 6.42 Å². The van der Waals surface area contributed by atoms with Crippen LogP contribution in [0.3, 0.4) is 0 Å². The number of hydrogen-bond donors (Lipinski definition) is 0. The molecule has 90 valence electrons. The third-order valence-electron chi connectivity index (χ3n) is 2.71. The number of rotatable bonds is 2. The van der Waals surface area contributed by atoms with E-state index in [1.165, 1.54) is 12.1 Å². The molecule has 0 N–H and O–H groups in total. The van der Waals surface area contributed by atoms with E-state index in [1.807, 2.05) is 22.7 Å². The number of fused-ring (bicyclic) bond motifs is 1. The monoisotopic (exact) mass is 261 g/mol. The predicted molar refractivity (Wildman–Crippen MR) is 67.2 cm³/mol. The molecule has 0 unspecified atom stereocenters. The molecule has 2 aromatic heterocycles. The van der Waals surface area contributed by atoms with Crippen LogP contribution in [-0.4, -0.2) is 14.6 Å². The zero-order valence-corrected chi connectivity index (χ0v) is 10.1. The van der Waals surface area contributed by atoms with Crippen LogP contribution in [0.1, 0.15) is 11.4 Å². The summed E-state index contributed by atoms with van der Waals surface area (Å²) in [5, 5.41) is 8.66. The molecule has 2 heterocycles. The maximum Gasteiger partial charge on any atom is 0.179 e. The fourth-order valence-electron chi connectivity index (χ4n) is 1.88. The Balaban J connectivity index is 2.03. The lowest BCUT2D eigenvalue weighted by atomic mass is 10.1.